The number of aromatic nitrogens is 3. The highest BCUT2D eigenvalue weighted by atomic mass is 19.1. The van der Waals surface area contributed by atoms with Gasteiger partial charge in [-0.25, -0.2) is 13.6 Å². The molecule has 1 fully saturated rings. The Labute approximate surface area is 132 Å². The lowest BCUT2D eigenvalue weighted by atomic mass is 10.2. The van der Waals surface area contributed by atoms with E-state index >= 15 is 0 Å². The molecule has 1 saturated carbocycles. The maximum absolute atomic E-state index is 13.6. The highest BCUT2D eigenvalue weighted by molar-refractivity contribution is 5.74. The fraction of sp³-hybridized carbons (Fsp3) is 0.400. The molecule has 1 aliphatic rings. The highest BCUT2D eigenvalue weighted by Gasteiger charge is 2.33. The minimum absolute atomic E-state index is 0.00857. The van der Waals surface area contributed by atoms with Gasteiger partial charge in [0, 0.05) is 37.5 Å². The molecule has 2 amide bonds. The van der Waals surface area contributed by atoms with Gasteiger partial charge in [0.05, 0.1) is 6.54 Å². The van der Waals surface area contributed by atoms with Crippen LogP contribution < -0.4 is 5.32 Å². The van der Waals surface area contributed by atoms with Crippen LogP contribution in [0.1, 0.15) is 24.1 Å². The first kappa shape index (κ1) is 15.4. The number of benzene rings is 1. The molecule has 1 aromatic carbocycles. The van der Waals surface area contributed by atoms with Gasteiger partial charge >= 0.3 is 6.03 Å². The van der Waals surface area contributed by atoms with E-state index in [0.29, 0.717) is 12.2 Å². The smallest absolute Gasteiger partial charge is 0.318 e. The summed E-state index contributed by atoms with van der Waals surface area (Å²) in [5, 5.41) is 10.5. The molecular weight excluding hydrogens is 304 g/mol. The van der Waals surface area contributed by atoms with Crippen LogP contribution in [0.15, 0.2) is 24.4 Å². The summed E-state index contributed by atoms with van der Waals surface area (Å²) in [6.45, 7) is 0.366. The van der Waals surface area contributed by atoms with E-state index in [1.807, 2.05) is 0 Å². The standard InChI is InChI=1S/C15H17F2N5O/c1-21-8-12(19-20-21)9-22(13-4-5-13)15(23)18-7-10-2-3-11(16)6-14(10)17/h2-3,6,8,13H,4-5,7,9H2,1H3,(H,18,23). The Hall–Kier alpha value is -2.51. The van der Waals surface area contributed by atoms with Crippen LogP contribution in [0, 0.1) is 11.6 Å². The molecule has 1 N–H and O–H groups in total. The maximum atomic E-state index is 13.6. The van der Waals surface area contributed by atoms with Crippen LogP contribution in [0.4, 0.5) is 13.6 Å². The van der Waals surface area contributed by atoms with Gasteiger partial charge in [0.1, 0.15) is 17.3 Å². The minimum atomic E-state index is -0.669. The molecule has 23 heavy (non-hydrogen) atoms. The highest BCUT2D eigenvalue weighted by Crippen LogP contribution is 2.28. The minimum Gasteiger partial charge on any atom is -0.334 e. The Kier molecular flexibility index (Phi) is 4.22. The van der Waals surface area contributed by atoms with E-state index in [1.54, 1.807) is 22.8 Å². The van der Waals surface area contributed by atoms with Crippen LogP contribution in [0.2, 0.25) is 0 Å². The van der Waals surface area contributed by atoms with Crippen LogP contribution in [0.25, 0.3) is 0 Å². The summed E-state index contributed by atoms with van der Waals surface area (Å²) < 4.78 is 28.1. The van der Waals surface area contributed by atoms with Crippen molar-refractivity contribution in [2.45, 2.75) is 32.0 Å². The molecule has 8 heteroatoms. The number of carbonyl (C=O) groups is 1. The molecule has 0 bridgehead atoms. The molecule has 0 spiro atoms. The number of nitrogens with zero attached hydrogens (tertiary/aromatic N) is 4. The predicted octanol–water partition coefficient (Wildman–Crippen LogP) is 1.97. The van der Waals surface area contributed by atoms with Crippen LogP contribution in [0.5, 0.6) is 0 Å². The van der Waals surface area contributed by atoms with Crippen molar-refractivity contribution in [3.05, 3.63) is 47.3 Å². The fourth-order valence-corrected chi connectivity index (χ4v) is 2.33. The van der Waals surface area contributed by atoms with Crippen molar-refractivity contribution >= 4 is 6.03 Å². The van der Waals surface area contributed by atoms with E-state index in [4.69, 9.17) is 0 Å². The molecule has 0 aliphatic heterocycles. The number of carbonyl (C=O) groups excluding carboxylic acids is 1. The van der Waals surface area contributed by atoms with E-state index < -0.39 is 11.6 Å². The fourth-order valence-electron chi connectivity index (χ4n) is 2.33. The first-order valence-corrected chi connectivity index (χ1v) is 7.36. The first-order chi connectivity index (χ1) is 11.0. The molecule has 6 nitrogen and oxygen atoms in total. The second-order valence-electron chi connectivity index (χ2n) is 5.64. The molecule has 0 atom stereocenters. The molecule has 122 valence electrons. The average molecular weight is 321 g/mol. The summed E-state index contributed by atoms with van der Waals surface area (Å²) >= 11 is 0. The third-order valence-electron chi connectivity index (χ3n) is 3.68. The Morgan fingerprint density at radius 1 is 1.43 bits per heavy atom. The Bertz CT molecular complexity index is 714. The van der Waals surface area contributed by atoms with Crippen LogP contribution in [0.3, 0.4) is 0 Å². The normalized spacial score (nSPS) is 13.9. The molecule has 1 aromatic heterocycles. The molecule has 0 saturated heterocycles. The summed E-state index contributed by atoms with van der Waals surface area (Å²) in [7, 11) is 1.76. The number of halogens is 2. The topological polar surface area (TPSA) is 63.1 Å². The summed E-state index contributed by atoms with van der Waals surface area (Å²) in [4.78, 5) is 14.0. The number of aryl methyl sites for hydroxylation is 1. The van der Waals surface area contributed by atoms with Crippen LogP contribution >= 0.6 is 0 Å². The monoisotopic (exact) mass is 321 g/mol. The summed E-state index contributed by atoms with van der Waals surface area (Å²) in [6, 6.07) is 3.19. The van der Waals surface area contributed by atoms with Gasteiger partial charge in [-0.05, 0) is 18.9 Å². The van der Waals surface area contributed by atoms with Crippen molar-refractivity contribution < 1.29 is 13.6 Å². The van der Waals surface area contributed by atoms with Crippen molar-refractivity contribution in [3.8, 4) is 0 Å². The van der Waals surface area contributed by atoms with Gasteiger partial charge in [0.25, 0.3) is 0 Å². The number of rotatable bonds is 5. The quantitative estimate of drug-likeness (QED) is 0.916. The van der Waals surface area contributed by atoms with Crippen LogP contribution in [-0.4, -0.2) is 32.0 Å². The SMILES string of the molecule is Cn1cc(CN(C(=O)NCc2ccc(F)cc2F)C2CC2)nn1. The zero-order valence-electron chi connectivity index (χ0n) is 12.7. The molecule has 0 radical (unpaired) electrons. The van der Waals surface area contributed by atoms with Gasteiger partial charge in [-0.3, -0.25) is 4.68 Å². The molecule has 0 unspecified atom stereocenters. The number of hydrogen-bond acceptors (Lipinski definition) is 3. The van der Waals surface area contributed by atoms with Crippen LogP contribution in [-0.2, 0) is 20.1 Å². The zero-order valence-corrected chi connectivity index (χ0v) is 12.7. The van der Waals surface area contributed by atoms with Crippen molar-refractivity contribution in [2.75, 3.05) is 0 Å². The van der Waals surface area contributed by atoms with Crippen molar-refractivity contribution in [1.29, 1.82) is 0 Å². The lowest BCUT2D eigenvalue weighted by Gasteiger charge is -2.21. The molecule has 1 heterocycles. The van der Waals surface area contributed by atoms with Gasteiger partial charge in [0.15, 0.2) is 0 Å². The largest absolute Gasteiger partial charge is 0.334 e. The summed E-state index contributed by atoms with van der Waals surface area (Å²) in [5.41, 5.74) is 0.942. The van der Waals surface area contributed by atoms with Gasteiger partial charge in [-0.2, -0.15) is 0 Å². The van der Waals surface area contributed by atoms with Crippen molar-refractivity contribution in [2.24, 2.45) is 7.05 Å². The second kappa shape index (κ2) is 6.31. The number of urea groups is 1. The number of nitrogens with one attached hydrogen (secondary N) is 1. The first-order valence-electron chi connectivity index (χ1n) is 7.36. The van der Waals surface area contributed by atoms with E-state index in [9.17, 15) is 13.6 Å². The van der Waals surface area contributed by atoms with E-state index in [1.165, 1.54) is 12.1 Å². The van der Waals surface area contributed by atoms with Crippen molar-refractivity contribution in [3.63, 3.8) is 0 Å². The number of hydrogen-bond donors (Lipinski definition) is 1. The lowest BCUT2D eigenvalue weighted by Crippen LogP contribution is -2.40. The molecule has 3 rings (SSSR count). The maximum Gasteiger partial charge on any atom is 0.318 e. The Balaban J connectivity index is 1.62. The molecular formula is C15H17F2N5O. The average Bonchev–Trinajstić information content (AvgIpc) is 3.26. The van der Waals surface area contributed by atoms with E-state index in [-0.39, 0.29) is 24.2 Å². The van der Waals surface area contributed by atoms with E-state index in [2.05, 4.69) is 15.6 Å². The second-order valence-corrected chi connectivity index (χ2v) is 5.64. The summed E-state index contributed by atoms with van der Waals surface area (Å²) in [6.07, 6.45) is 3.64. The molecule has 2 aromatic rings. The van der Waals surface area contributed by atoms with Gasteiger partial charge in [-0.15, -0.1) is 5.10 Å². The third-order valence-corrected chi connectivity index (χ3v) is 3.68. The lowest BCUT2D eigenvalue weighted by molar-refractivity contribution is 0.190. The Morgan fingerprint density at radius 2 is 2.22 bits per heavy atom. The van der Waals surface area contributed by atoms with E-state index in [0.717, 1.165) is 18.9 Å². The summed E-state index contributed by atoms with van der Waals surface area (Å²) in [5.74, 6) is -1.31. The van der Waals surface area contributed by atoms with Gasteiger partial charge in [0.2, 0.25) is 0 Å². The van der Waals surface area contributed by atoms with Gasteiger partial charge < -0.3 is 10.2 Å². The predicted molar refractivity (Wildman–Crippen MR) is 78.2 cm³/mol. The zero-order chi connectivity index (χ0) is 16.4. The van der Waals surface area contributed by atoms with Gasteiger partial charge in [-0.1, -0.05) is 11.3 Å². The Morgan fingerprint density at radius 3 is 2.83 bits per heavy atom. The van der Waals surface area contributed by atoms with Crippen molar-refractivity contribution in [1.82, 2.24) is 25.2 Å². The third kappa shape index (κ3) is 3.82. The number of amides is 2. The molecule has 1 aliphatic carbocycles.